The summed E-state index contributed by atoms with van der Waals surface area (Å²) >= 11 is 6.60. The molecular formula is C6H10Cl2N6S. The van der Waals surface area contributed by atoms with E-state index in [1.807, 2.05) is 0 Å². The molecule has 9 heteroatoms. The molecule has 0 saturated carbocycles. The van der Waals surface area contributed by atoms with Crippen LogP contribution in [-0.2, 0) is 0 Å². The van der Waals surface area contributed by atoms with E-state index in [1.54, 1.807) is 19.0 Å². The van der Waals surface area contributed by atoms with Crippen molar-refractivity contribution in [2.75, 3.05) is 19.0 Å². The van der Waals surface area contributed by atoms with Crippen LogP contribution in [0, 0.1) is 5.41 Å². The minimum absolute atomic E-state index is 0. The fraction of sp³-hybridized carbons (Fsp3) is 0.333. The summed E-state index contributed by atoms with van der Waals surface area (Å²) in [5.74, 6) is 0.439. The van der Waals surface area contributed by atoms with Crippen molar-refractivity contribution in [3.05, 3.63) is 5.28 Å². The van der Waals surface area contributed by atoms with E-state index < -0.39 is 0 Å². The molecule has 1 rings (SSSR count). The van der Waals surface area contributed by atoms with Gasteiger partial charge in [0.2, 0.25) is 16.4 Å². The number of nitrogens with one attached hydrogen (secondary N) is 1. The Balaban J connectivity index is 0.00000196. The second-order valence-corrected chi connectivity index (χ2v) is 3.89. The monoisotopic (exact) mass is 268 g/mol. The SMILES string of the molecule is CN(C)c1nc(Cl)nc(SC(=N)N)n1.Cl. The fourth-order valence-electron chi connectivity index (χ4n) is 0.666. The third-order valence-corrected chi connectivity index (χ3v) is 1.93. The lowest BCUT2D eigenvalue weighted by Crippen LogP contribution is -2.14. The molecule has 0 bridgehead atoms. The van der Waals surface area contributed by atoms with Crippen LogP contribution in [0.5, 0.6) is 0 Å². The highest BCUT2D eigenvalue weighted by atomic mass is 35.5. The molecule has 15 heavy (non-hydrogen) atoms. The molecule has 0 aliphatic heterocycles. The molecule has 0 aromatic carbocycles. The standard InChI is InChI=1S/C6H9ClN6S.ClH/c1-13(2)5-10-3(7)11-6(12-5)14-4(8)9;/h1-2H3,(H3,8,9);1H. The predicted molar refractivity (Wildman–Crippen MR) is 64.2 cm³/mol. The summed E-state index contributed by atoms with van der Waals surface area (Å²) in [7, 11) is 3.57. The van der Waals surface area contributed by atoms with Crippen LogP contribution in [0.25, 0.3) is 0 Å². The van der Waals surface area contributed by atoms with Crippen LogP contribution in [0.1, 0.15) is 0 Å². The van der Waals surface area contributed by atoms with Gasteiger partial charge in [0.25, 0.3) is 0 Å². The van der Waals surface area contributed by atoms with Gasteiger partial charge in [0.15, 0.2) is 5.17 Å². The summed E-state index contributed by atoms with van der Waals surface area (Å²) in [5.41, 5.74) is 5.19. The molecule has 1 heterocycles. The van der Waals surface area contributed by atoms with E-state index in [9.17, 15) is 0 Å². The van der Waals surface area contributed by atoms with Crippen molar-refractivity contribution >= 4 is 46.9 Å². The molecule has 1 aromatic rings. The largest absolute Gasteiger partial charge is 0.378 e. The van der Waals surface area contributed by atoms with Gasteiger partial charge in [-0.25, -0.2) is 0 Å². The zero-order valence-electron chi connectivity index (χ0n) is 8.06. The number of anilines is 1. The van der Waals surface area contributed by atoms with Crippen LogP contribution in [0.15, 0.2) is 5.16 Å². The second kappa shape index (κ2) is 5.94. The van der Waals surface area contributed by atoms with Crippen LogP contribution in [0.2, 0.25) is 5.28 Å². The van der Waals surface area contributed by atoms with Gasteiger partial charge in [-0.15, -0.1) is 12.4 Å². The van der Waals surface area contributed by atoms with Crippen LogP contribution < -0.4 is 10.6 Å². The van der Waals surface area contributed by atoms with Gasteiger partial charge >= 0.3 is 0 Å². The fourth-order valence-corrected chi connectivity index (χ4v) is 1.33. The third-order valence-electron chi connectivity index (χ3n) is 1.18. The zero-order chi connectivity index (χ0) is 10.7. The molecule has 0 atom stereocenters. The molecule has 0 fully saturated rings. The lowest BCUT2D eigenvalue weighted by molar-refractivity contribution is 0.868. The summed E-state index contributed by atoms with van der Waals surface area (Å²) in [6, 6.07) is 0. The maximum absolute atomic E-state index is 7.06. The first-order valence-corrected chi connectivity index (χ1v) is 4.79. The molecule has 1 aromatic heterocycles. The van der Waals surface area contributed by atoms with Crippen molar-refractivity contribution in [2.45, 2.75) is 5.16 Å². The highest BCUT2D eigenvalue weighted by Gasteiger charge is 2.07. The van der Waals surface area contributed by atoms with E-state index in [0.717, 1.165) is 11.8 Å². The quantitative estimate of drug-likeness (QED) is 0.472. The number of rotatable bonds is 2. The van der Waals surface area contributed by atoms with Crippen molar-refractivity contribution in [2.24, 2.45) is 5.73 Å². The summed E-state index contributed by atoms with van der Waals surface area (Å²) in [5, 5.41) is 7.39. The summed E-state index contributed by atoms with van der Waals surface area (Å²) in [4.78, 5) is 13.4. The topological polar surface area (TPSA) is 91.8 Å². The van der Waals surface area contributed by atoms with Gasteiger partial charge in [0.05, 0.1) is 0 Å². The number of nitrogens with two attached hydrogens (primary N) is 1. The maximum Gasteiger partial charge on any atom is 0.230 e. The molecule has 0 amide bonds. The van der Waals surface area contributed by atoms with Gasteiger partial charge in [-0.3, -0.25) is 5.41 Å². The molecule has 0 aliphatic rings. The molecule has 3 N–H and O–H groups in total. The number of thioether (sulfide) groups is 1. The molecule has 0 saturated heterocycles. The first-order valence-electron chi connectivity index (χ1n) is 3.60. The first kappa shape index (κ1) is 14.2. The smallest absolute Gasteiger partial charge is 0.230 e. The Morgan fingerprint density at radius 2 is 2.00 bits per heavy atom. The maximum atomic E-state index is 7.06. The Labute approximate surface area is 103 Å². The Morgan fingerprint density at radius 1 is 1.40 bits per heavy atom. The number of aromatic nitrogens is 3. The highest BCUT2D eigenvalue weighted by Crippen LogP contribution is 2.16. The third kappa shape index (κ3) is 4.50. The van der Waals surface area contributed by atoms with Gasteiger partial charge in [-0.2, -0.15) is 15.0 Å². The minimum atomic E-state index is -0.0861. The van der Waals surface area contributed by atoms with E-state index in [0.29, 0.717) is 11.1 Å². The van der Waals surface area contributed by atoms with E-state index in [2.05, 4.69) is 15.0 Å². The zero-order valence-corrected chi connectivity index (χ0v) is 10.4. The van der Waals surface area contributed by atoms with E-state index in [4.69, 9.17) is 22.7 Å². The average Bonchev–Trinajstić information content (AvgIpc) is 2.01. The van der Waals surface area contributed by atoms with Gasteiger partial charge in [0, 0.05) is 14.1 Å². The number of halogens is 2. The van der Waals surface area contributed by atoms with Crippen molar-refractivity contribution in [3.8, 4) is 0 Å². The summed E-state index contributed by atoms with van der Waals surface area (Å²) in [6.07, 6.45) is 0. The Kier molecular flexibility index (Phi) is 5.63. The Hall–Kier alpha value is -0.790. The van der Waals surface area contributed by atoms with Crippen molar-refractivity contribution < 1.29 is 0 Å². The highest BCUT2D eigenvalue weighted by molar-refractivity contribution is 8.13. The molecule has 0 spiro atoms. The lowest BCUT2D eigenvalue weighted by atomic mass is 10.8. The number of amidine groups is 1. The van der Waals surface area contributed by atoms with Crippen LogP contribution >= 0.6 is 35.8 Å². The Morgan fingerprint density at radius 3 is 2.47 bits per heavy atom. The molecule has 0 radical (unpaired) electrons. The molecule has 6 nitrogen and oxygen atoms in total. The van der Waals surface area contributed by atoms with E-state index in [-0.39, 0.29) is 22.9 Å². The normalized spacial score (nSPS) is 9.27. The number of hydrogen-bond donors (Lipinski definition) is 2. The van der Waals surface area contributed by atoms with Crippen molar-refractivity contribution in [1.82, 2.24) is 15.0 Å². The molecule has 0 aliphatic carbocycles. The average molecular weight is 269 g/mol. The van der Waals surface area contributed by atoms with Crippen molar-refractivity contribution in [3.63, 3.8) is 0 Å². The summed E-state index contributed by atoms with van der Waals surface area (Å²) < 4.78 is 0. The van der Waals surface area contributed by atoms with Crippen LogP contribution in [0.4, 0.5) is 5.95 Å². The van der Waals surface area contributed by atoms with Crippen LogP contribution in [0.3, 0.4) is 0 Å². The van der Waals surface area contributed by atoms with Crippen LogP contribution in [-0.4, -0.2) is 34.2 Å². The van der Waals surface area contributed by atoms with Gasteiger partial charge in [-0.05, 0) is 23.4 Å². The van der Waals surface area contributed by atoms with Crippen molar-refractivity contribution in [1.29, 1.82) is 5.41 Å². The number of hydrogen-bond acceptors (Lipinski definition) is 6. The molecule has 0 unspecified atom stereocenters. The van der Waals surface area contributed by atoms with Gasteiger partial charge in [0.1, 0.15) is 0 Å². The van der Waals surface area contributed by atoms with Gasteiger partial charge < -0.3 is 10.6 Å². The lowest BCUT2D eigenvalue weighted by Gasteiger charge is -2.10. The van der Waals surface area contributed by atoms with Gasteiger partial charge in [-0.1, -0.05) is 0 Å². The first-order chi connectivity index (χ1) is 6.49. The second-order valence-electron chi connectivity index (χ2n) is 2.55. The minimum Gasteiger partial charge on any atom is -0.378 e. The molecule has 84 valence electrons. The molecular weight excluding hydrogens is 259 g/mol. The van der Waals surface area contributed by atoms with E-state index in [1.165, 1.54) is 0 Å². The Bertz CT molecular complexity index is 357. The number of nitrogens with zero attached hydrogens (tertiary/aromatic N) is 4. The predicted octanol–water partition coefficient (Wildman–Crippen LogP) is 0.998. The summed E-state index contributed by atoms with van der Waals surface area (Å²) in [6.45, 7) is 0. The van der Waals surface area contributed by atoms with E-state index >= 15 is 0 Å².